The zero-order valence-electron chi connectivity index (χ0n) is 19.5. The third-order valence-corrected chi connectivity index (χ3v) is 6.97. The maximum Gasteiger partial charge on any atom is 0.247 e. The van der Waals surface area contributed by atoms with Crippen molar-refractivity contribution in [2.45, 2.75) is 43.7 Å². The molecule has 1 aromatic carbocycles. The molecule has 0 spiro atoms. The fourth-order valence-electron chi connectivity index (χ4n) is 4.52. The molecular weight excluding hydrogens is 485 g/mol. The summed E-state index contributed by atoms with van der Waals surface area (Å²) in [5, 5.41) is 40.1. The molecule has 2 aliphatic rings. The van der Waals surface area contributed by atoms with E-state index < -0.39 is 12.8 Å². The van der Waals surface area contributed by atoms with Gasteiger partial charge in [-0.25, -0.2) is 9.37 Å². The van der Waals surface area contributed by atoms with Gasteiger partial charge in [-0.3, -0.25) is 0 Å². The van der Waals surface area contributed by atoms with Crippen molar-refractivity contribution in [3.63, 3.8) is 0 Å². The molecule has 3 N–H and O–H groups in total. The van der Waals surface area contributed by atoms with Crippen LogP contribution in [0.2, 0.25) is 5.02 Å². The van der Waals surface area contributed by atoms with Crippen molar-refractivity contribution in [3.05, 3.63) is 40.2 Å². The molecule has 0 radical (unpaired) electrons. The Balaban J connectivity index is 1.43. The lowest BCUT2D eigenvalue weighted by atomic mass is 9.88. The first kappa shape index (κ1) is 24.2. The number of aromatic nitrogens is 4. The quantitative estimate of drug-likeness (QED) is 0.417. The van der Waals surface area contributed by atoms with Crippen molar-refractivity contribution in [2.75, 3.05) is 36.9 Å². The van der Waals surface area contributed by atoms with Crippen molar-refractivity contribution in [2.24, 2.45) is 0 Å². The fraction of sp³-hybridized carbons (Fsp3) is 0.458. The fourth-order valence-corrected chi connectivity index (χ4v) is 4.83. The Bertz CT molecular complexity index is 1350. The van der Waals surface area contributed by atoms with E-state index in [4.69, 9.17) is 11.6 Å². The predicted octanol–water partition coefficient (Wildman–Crippen LogP) is 3.35. The van der Waals surface area contributed by atoms with Gasteiger partial charge in [-0.2, -0.15) is 20.0 Å². The first-order valence-electron chi connectivity index (χ1n) is 11.9. The summed E-state index contributed by atoms with van der Waals surface area (Å²) in [6, 6.07) is 8.05. The van der Waals surface area contributed by atoms with Crippen LogP contribution in [0.3, 0.4) is 0 Å². The number of rotatable bonds is 8. The number of aliphatic hydroxyl groups is 1. The number of nitrogens with zero attached hydrogens (tertiary/aromatic N) is 7. The SMILES string of the molecule is N#Cc1cc(Nc2nc(NC3CC3)c3ncc(C#N)n3n2)c(Cl)c(C2CCN(CC(O)CF)CC2)c1. The van der Waals surface area contributed by atoms with Gasteiger partial charge < -0.3 is 20.6 Å². The summed E-state index contributed by atoms with van der Waals surface area (Å²) in [6.45, 7) is 0.944. The molecule has 3 heterocycles. The van der Waals surface area contributed by atoms with E-state index in [-0.39, 0.29) is 17.6 Å². The molecule has 36 heavy (non-hydrogen) atoms. The van der Waals surface area contributed by atoms with Crippen LogP contribution in [0.25, 0.3) is 5.65 Å². The number of hydrogen-bond donors (Lipinski definition) is 3. The summed E-state index contributed by atoms with van der Waals surface area (Å²) >= 11 is 6.84. The van der Waals surface area contributed by atoms with E-state index in [0.717, 1.165) is 31.2 Å². The first-order chi connectivity index (χ1) is 17.5. The van der Waals surface area contributed by atoms with Gasteiger partial charge in [0, 0.05) is 12.6 Å². The van der Waals surface area contributed by atoms with Gasteiger partial charge in [-0.15, -0.1) is 5.10 Å². The van der Waals surface area contributed by atoms with Crippen molar-refractivity contribution < 1.29 is 9.50 Å². The van der Waals surface area contributed by atoms with E-state index in [9.17, 15) is 20.0 Å². The second-order valence-corrected chi connectivity index (χ2v) is 9.62. The van der Waals surface area contributed by atoms with Crippen molar-refractivity contribution in [3.8, 4) is 12.1 Å². The van der Waals surface area contributed by atoms with Crippen LogP contribution in [0.5, 0.6) is 0 Å². The van der Waals surface area contributed by atoms with E-state index in [2.05, 4.69) is 37.8 Å². The van der Waals surface area contributed by atoms with E-state index in [1.165, 1.54) is 10.7 Å². The molecule has 5 rings (SSSR count). The highest BCUT2D eigenvalue weighted by Gasteiger charge is 2.27. The summed E-state index contributed by atoms with van der Waals surface area (Å²) in [5.41, 5.74) is 2.53. The Morgan fingerprint density at radius 2 is 1.97 bits per heavy atom. The summed E-state index contributed by atoms with van der Waals surface area (Å²) in [6.07, 6.45) is 4.09. The number of fused-ring (bicyclic) bond motifs is 1. The minimum Gasteiger partial charge on any atom is -0.389 e. The maximum absolute atomic E-state index is 12.7. The molecule has 10 nitrogen and oxygen atoms in total. The molecule has 0 bridgehead atoms. The molecule has 2 aromatic heterocycles. The van der Waals surface area contributed by atoms with Crippen LogP contribution >= 0.6 is 11.6 Å². The number of piperidine rings is 1. The lowest BCUT2D eigenvalue weighted by Gasteiger charge is -2.33. The number of anilines is 3. The van der Waals surface area contributed by atoms with Crippen LogP contribution in [0, 0.1) is 22.7 Å². The predicted molar refractivity (Wildman–Crippen MR) is 132 cm³/mol. The third-order valence-electron chi connectivity index (χ3n) is 6.55. The van der Waals surface area contributed by atoms with Crippen LogP contribution in [0.15, 0.2) is 18.3 Å². The van der Waals surface area contributed by atoms with Gasteiger partial charge in [0.15, 0.2) is 17.2 Å². The average molecular weight is 510 g/mol. The lowest BCUT2D eigenvalue weighted by molar-refractivity contribution is 0.0780. The zero-order valence-corrected chi connectivity index (χ0v) is 20.2. The van der Waals surface area contributed by atoms with E-state index in [0.29, 0.717) is 53.4 Å². The topological polar surface area (TPSA) is 138 Å². The minimum absolute atomic E-state index is 0.111. The summed E-state index contributed by atoms with van der Waals surface area (Å²) in [5.74, 6) is 0.852. The van der Waals surface area contributed by atoms with Crippen LogP contribution in [0.1, 0.15) is 48.4 Å². The molecule has 1 saturated carbocycles. The normalized spacial score (nSPS) is 17.5. The molecule has 1 atom stereocenters. The molecule has 1 aliphatic heterocycles. The van der Waals surface area contributed by atoms with Crippen molar-refractivity contribution in [1.29, 1.82) is 10.5 Å². The number of nitrogens with one attached hydrogen (secondary N) is 2. The molecular formula is C24H25ClFN9O. The van der Waals surface area contributed by atoms with Gasteiger partial charge in [0.25, 0.3) is 0 Å². The van der Waals surface area contributed by atoms with Crippen LogP contribution in [-0.2, 0) is 0 Å². The third kappa shape index (κ3) is 5.05. The molecule has 3 aromatic rings. The number of imidazole rings is 1. The van der Waals surface area contributed by atoms with E-state index >= 15 is 0 Å². The van der Waals surface area contributed by atoms with Gasteiger partial charge in [-0.1, -0.05) is 11.6 Å². The maximum atomic E-state index is 12.7. The van der Waals surface area contributed by atoms with Crippen LogP contribution in [0.4, 0.5) is 21.8 Å². The Morgan fingerprint density at radius 1 is 1.19 bits per heavy atom. The summed E-state index contributed by atoms with van der Waals surface area (Å²) in [7, 11) is 0. The molecule has 1 saturated heterocycles. The number of alkyl halides is 1. The molecule has 2 fully saturated rings. The molecule has 186 valence electrons. The highest BCUT2D eigenvalue weighted by Crippen LogP contribution is 2.38. The zero-order chi connectivity index (χ0) is 25.2. The number of β-amino-alcohol motifs (C(OH)–C–C–N with tert-alkyl or cyclic N) is 1. The molecule has 0 amide bonds. The highest BCUT2D eigenvalue weighted by molar-refractivity contribution is 6.34. The number of halogens is 2. The lowest BCUT2D eigenvalue weighted by Crippen LogP contribution is -2.39. The van der Waals surface area contributed by atoms with E-state index in [1.807, 2.05) is 4.90 Å². The van der Waals surface area contributed by atoms with Crippen LogP contribution < -0.4 is 10.6 Å². The van der Waals surface area contributed by atoms with E-state index in [1.54, 1.807) is 12.1 Å². The largest absolute Gasteiger partial charge is 0.389 e. The van der Waals surface area contributed by atoms with Gasteiger partial charge in [0.05, 0.1) is 34.6 Å². The first-order valence-corrected chi connectivity index (χ1v) is 12.3. The standard InChI is InChI=1S/C24H25ClFN9O/c25-21-19(15-3-5-34(6-4-15)13-18(36)9-26)7-14(10-27)8-20(21)31-24-32-22(30-16-1-2-16)23-29-12-17(11-28)35(23)33-24/h7-8,12,15-16,18,36H,1-6,9,13H2,(H2,30,31,32,33). The summed E-state index contributed by atoms with van der Waals surface area (Å²) in [4.78, 5) is 10.9. The Kier molecular flexibility index (Phi) is 6.88. The van der Waals surface area contributed by atoms with Gasteiger partial charge in [0.2, 0.25) is 5.95 Å². The Hall–Kier alpha value is -3.51. The second-order valence-electron chi connectivity index (χ2n) is 9.24. The van der Waals surface area contributed by atoms with Crippen molar-refractivity contribution >= 4 is 34.7 Å². The Morgan fingerprint density at radius 3 is 2.64 bits per heavy atom. The molecule has 12 heteroatoms. The average Bonchev–Trinajstić information content (AvgIpc) is 3.61. The second kappa shape index (κ2) is 10.2. The van der Waals surface area contributed by atoms with Gasteiger partial charge in [0.1, 0.15) is 12.7 Å². The number of hydrogen-bond acceptors (Lipinski definition) is 9. The highest BCUT2D eigenvalue weighted by atomic mass is 35.5. The molecule has 1 aliphatic carbocycles. The number of aliphatic hydroxyl groups excluding tert-OH is 1. The van der Waals surface area contributed by atoms with Gasteiger partial charge >= 0.3 is 0 Å². The van der Waals surface area contributed by atoms with Gasteiger partial charge in [-0.05, 0) is 62.4 Å². The number of nitriles is 2. The summed E-state index contributed by atoms with van der Waals surface area (Å²) < 4.78 is 14.1. The smallest absolute Gasteiger partial charge is 0.247 e. The van der Waals surface area contributed by atoms with Crippen LogP contribution in [-0.4, -0.2) is 68.0 Å². The number of benzene rings is 1. The minimum atomic E-state index is -0.975. The monoisotopic (exact) mass is 509 g/mol. The number of likely N-dealkylation sites (tertiary alicyclic amines) is 1. The Labute approximate surface area is 212 Å². The van der Waals surface area contributed by atoms with Crippen molar-refractivity contribution in [1.82, 2.24) is 24.5 Å². The molecule has 1 unspecified atom stereocenters.